The second kappa shape index (κ2) is 9.55. The summed E-state index contributed by atoms with van der Waals surface area (Å²) in [5.41, 5.74) is 9.52. The van der Waals surface area contributed by atoms with Gasteiger partial charge >= 0.3 is 0 Å². The minimum absolute atomic E-state index is 0.421. The molecular formula is C22H32N6. The summed E-state index contributed by atoms with van der Waals surface area (Å²) in [5, 5.41) is 3.19. The minimum Gasteiger partial charge on any atom is -0.370 e. The number of nitrogens with one attached hydrogen (secondary N) is 1. The van der Waals surface area contributed by atoms with Gasteiger partial charge in [0.15, 0.2) is 5.96 Å². The molecule has 6 heteroatoms. The van der Waals surface area contributed by atoms with Gasteiger partial charge in [0, 0.05) is 43.6 Å². The summed E-state index contributed by atoms with van der Waals surface area (Å²) in [6, 6.07) is 12.5. The van der Waals surface area contributed by atoms with Crippen molar-refractivity contribution in [3.8, 4) is 0 Å². The standard InChI is InChI=1S/C22H32N6/c1-4-17(2)18-7-9-20(10-8-18)26-22(23)25-16-19-6-5-11-24-21(19)28-14-12-27(3)13-15-28/h5-11,17H,4,12-16H2,1-3H3,(H3,23,25,26). The highest BCUT2D eigenvalue weighted by atomic mass is 15.3. The molecule has 1 atom stereocenters. The molecule has 1 unspecified atom stereocenters. The SMILES string of the molecule is CCC(C)c1ccc(NC(N)=NCc2cccnc2N2CCN(C)CC2)cc1. The van der Waals surface area contributed by atoms with Crippen molar-refractivity contribution in [3.05, 3.63) is 53.7 Å². The molecule has 2 heterocycles. The molecule has 1 aromatic carbocycles. The number of likely N-dealkylation sites (N-methyl/N-ethyl adjacent to an activating group) is 1. The number of aromatic nitrogens is 1. The van der Waals surface area contributed by atoms with Crippen molar-refractivity contribution in [1.29, 1.82) is 0 Å². The molecule has 3 N–H and O–H groups in total. The maximum atomic E-state index is 6.12. The molecular weight excluding hydrogens is 348 g/mol. The average molecular weight is 381 g/mol. The van der Waals surface area contributed by atoms with E-state index in [1.807, 2.05) is 12.3 Å². The number of hydrogen-bond donors (Lipinski definition) is 2. The average Bonchev–Trinajstić information content (AvgIpc) is 2.73. The Bertz CT molecular complexity index is 778. The number of nitrogens with two attached hydrogens (primary N) is 1. The number of pyridine rings is 1. The fraction of sp³-hybridized carbons (Fsp3) is 0.455. The van der Waals surface area contributed by atoms with Gasteiger partial charge in [0.2, 0.25) is 0 Å². The molecule has 6 nitrogen and oxygen atoms in total. The summed E-state index contributed by atoms with van der Waals surface area (Å²) >= 11 is 0. The number of guanidine groups is 1. The molecule has 1 aliphatic rings. The van der Waals surface area contributed by atoms with Crippen LogP contribution in [0.25, 0.3) is 0 Å². The Balaban J connectivity index is 1.63. The number of hydrogen-bond acceptors (Lipinski definition) is 4. The molecule has 1 fully saturated rings. The quantitative estimate of drug-likeness (QED) is 0.595. The van der Waals surface area contributed by atoms with Crippen LogP contribution in [0.3, 0.4) is 0 Å². The number of benzene rings is 1. The van der Waals surface area contributed by atoms with Crippen molar-refractivity contribution in [1.82, 2.24) is 9.88 Å². The highest BCUT2D eigenvalue weighted by Gasteiger charge is 2.17. The Kier molecular flexibility index (Phi) is 6.87. The van der Waals surface area contributed by atoms with Crippen LogP contribution in [0.15, 0.2) is 47.6 Å². The van der Waals surface area contributed by atoms with Gasteiger partial charge in [0.25, 0.3) is 0 Å². The summed E-state index contributed by atoms with van der Waals surface area (Å²) in [6.45, 7) is 9.03. The second-order valence-corrected chi connectivity index (χ2v) is 7.53. The zero-order valence-corrected chi connectivity index (χ0v) is 17.2. The van der Waals surface area contributed by atoms with Crippen molar-refractivity contribution in [2.45, 2.75) is 32.7 Å². The van der Waals surface area contributed by atoms with Gasteiger partial charge in [-0.15, -0.1) is 0 Å². The van der Waals surface area contributed by atoms with Crippen molar-refractivity contribution in [2.75, 3.05) is 43.4 Å². The molecule has 0 saturated carbocycles. The number of aliphatic imine (C=N–C) groups is 1. The normalized spacial score (nSPS) is 16.8. The van der Waals surface area contributed by atoms with Gasteiger partial charge in [0.05, 0.1) is 6.54 Å². The monoisotopic (exact) mass is 380 g/mol. The van der Waals surface area contributed by atoms with Gasteiger partial charge in [-0.1, -0.05) is 32.0 Å². The molecule has 3 rings (SSSR count). The van der Waals surface area contributed by atoms with Gasteiger partial charge in [-0.25, -0.2) is 9.98 Å². The first-order chi connectivity index (χ1) is 13.6. The smallest absolute Gasteiger partial charge is 0.193 e. The van der Waals surface area contributed by atoms with E-state index in [0.29, 0.717) is 18.4 Å². The maximum Gasteiger partial charge on any atom is 0.193 e. The Morgan fingerprint density at radius 1 is 1.18 bits per heavy atom. The van der Waals surface area contributed by atoms with E-state index >= 15 is 0 Å². The third kappa shape index (κ3) is 5.23. The number of piperazine rings is 1. The Hall–Kier alpha value is -2.60. The van der Waals surface area contributed by atoms with Gasteiger partial charge in [-0.05, 0) is 43.1 Å². The fourth-order valence-electron chi connectivity index (χ4n) is 3.35. The van der Waals surface area contributed by atoms with E-state index in [-0.39, 0.29) is 0 Å². The van der Waals surface area contributed by atoms with Crippen LogP contribution in [0.2, 0.25) is 0 Å². The molecule has 0 radical (unpaired) electrons. The van der Waals surface area contributed by atoms with Gasteiger partial charge in [-0.2, -0.15) is 0 Å². The van der Waals surface area contributed by atoms with E-state index < -0.39 is 0 Å². The van der Waals surface area contributed by atoms with E-state index in [0.717, 1.165) is 49.7 Å². The Morgan fingerprint density at radius 3 is 2.57 bits per heavy atom. The van der Waals surface area contributed by atoms with Crippen LogP contribution in [0, 0.1) is 0 Å². The lowest BCUT2D eigenvalue weighted by atomic mass is 9.99. The topological polar surface area (TPSA) is 69.8 Å². The highest BCUT2D eigenvalue weighted by Crippen LogP contribution is 2.21. The maximum absolute atomic E-state index is 6.12. The molecule has 28 heavy (non-hydrogen) atoms. The first-order valence-corrected chi connectivity index (χ1v) is 10.1. The molecule has 0 bridgehead atoms. The summed E-state index contributed by atoms with van der Waals surface area (Å²) < 4.78 is 0. The third-order valence-corrected chi connectivity index (χ3v) is 5.45. The fourth-order valence-corrected chi connectivity index (χ4v) is 3.35. The van der Waals surface area contributed by atoms with E-state index in [4.69, 9.17) is 5.73 Å². The third-order valence-electron chi connectivity index (χ3n) is 5.45. The zero-order chi connectivity index (χ0) is 19.9. The lowest BCUT2D eigenvalue weighted by Gasteiger charge is -2.34. The molecule has 0 amide bonds. The first kappa shape index (κ1) is 20.1. The molecule has 2 aromatic rings. The molecule has 1 aromatic heterocycles. The van der Waals surface area contributed by atoms with Crippen LogP contribution < -0.4 is 16.0 Å². The van der Waals surface area contributed by atoms with Crippen LogP contribution in [0.1, 0.15) is 37.3 Å². The molecule has 1 aliphatic heterocycles. The second-order valence-electron chi connectivity index (χ2n) is 7.53. The zero-order valence-electron chi connectivity index (χ0n) is 17.2. The Labute approximate surface area is 168 Å². The minimum atomic E-state index is 0.421. The highest BCUT2D eigenvalue weighted by molar-refractivity contribution is 5.92. The van der Waals surface area contributed by atoms with Crippen molar-refractivity contribution in [3.63, 3.8) is 0 Å². The van der Waals surface area contributed by atoms with Crippen LogP contribution in [0.4, 0.5) is 11.5 Å². The summed E-state index contributed by atoms with van der Waals surface area (Å²) in [5.74, 6) is 2.01. The van der Waals surface area contributed by atoms with E-state index in [1.54, 1.807) is 0 Å². The van der Waals surface area contributed by atoms with Gasteiger partial charge in [0.1, 0.15) is 5.82 Å². The van der Waals surface area contributed by atoms with Crippen LogP contribution in [-0.2, 0) is 6.54 Å². The van der Waals surface area contributed by atoms with Crippen molar-refractivity contribution in [2.24, 2.45) is 10.7 Å². The largest absolute Gasteiger partial charge is 0.370 e. The Morgan fingerprint density at radius 2 is 1.89 bits per heavy atom. The summed E-state index contributed by atoms with van der Waals surface area (Å²) in [4.78, 5) is 13.8. The molecule has 0 spiro atoms. The molecule has 0 aliphatic carbocycles. The number of nitrogens with zero attached hydrogens (tertiary/aromatic N) is 4. The van der Waals surface area contributed by atoms with Crippen LogP contribution >= 0.6 is 0 Å². The van der Waals surface area contributed by atoms with Gasteiger partial charge in [-0.3, -0.25) is 0 Å². The number of rotatable bonds is 6. The lowest BCUT2D eigenvalue weighted by molar-refractivity contribution is 0.312. The molecule has 150 valence electrons. The lowest BCUT2D eigenvalue weighted by Crippen LogP contribution is -2.45. The predicted molar refractivity (Wildman–Crippen MR) is 118 cm³/mol. The van der Waals surface area contributed by atoms with E-state index in [9.17, 15) is 0 Å². The predicted octanol–water partition coefficient (Wildman–Crippen LogP) is 3.27. The molecule has 1 saturated heterocycles. The first-order valence-electron chi connectivity index (χ1n) is 10.1. The van der Waals surface area contributed by atoms with Gasteiger partial charge < -0.3 is 20.9 Å². The van der Waals surface area contributed by atoms with Crippen LogP contribution in [0.5, 0.6) is 0 Å². The van der Waals surface area contributed by atoms with E-state index in [2.05, 4.69) is 76.3 Å². The summed E-state index contributed by atoms with van der Waals surface area (Å²) in [6.07, 6.45) is 2.98. The van der Waals surface area contributed by atoms with Crippen molar-refractivity contribution >= 4 is 17.5 Å². The van der Waals surface area contributed by atoms with Crippen LogP contribution in [-0.4, -0.2) is 49.1 Å². The van der Waals surface area contributed by atoms with E-state index in [1.165, 1.54) is 5.56 Å². The summed E-state index contributed by atoms with van der Waals surface area (Å²) in [7, 11) is 2.16. The number of anilines is 2. The van der Waals surface area contributed by atoms with Crippen molar-refractivity contribution < 1.29 is 0 Å².